The van der Waals surface area contributed by atoms with Gasteiger partial charge in [-0.15, -0.1) is 0 Å². The average molecular weight is 636 g/mol. The molecule has 0 N–H and O–H groups in total. The van der Waals surface area contributed by atoms with Crippen molar-refractivity contribution in [2.75, 3.05) is 4.90 Å². The van der Waals surface area contributed by atoms with E-state index in [-0.39, 0.29) is 0 Å². The molecule has 0 radical (unpaired) electrons. The molecule has 1 aliphatic carbocycles. The number of fused-ring (bicyclic) bond motifs is 6. The van der Waals surface area contributed by atoms with Crippen molar-refractivity contribution in [1.29, 1.82) is 0 Å². The molecule has 9 aromatic carbocycles. The lowest BCUT2D eigenvalue weighted by Crippen LogP contribution is -2.10. The van der Waals surface area contributed by atoms with Crippen LogP contribution in [0, 0.1) is 0 Å². The molecule has 0 bridgehead atoms. The van der Waals surface area contributed by atoms with Gasteiger partial charge in [-0.3, -0.25) is 0 Å². The molecule has 0 unspecified atom stereocenters. The van der Waals surface area contributed by atoms with Crippen molar-refractivity contribution in [3.63, 3.8) is 0 Å². The zero-order valence-corrected chi connectivity index (χ0v) is 27.6. The summed E-state index contributed by atoms with van der Waals surface area (Å²) in [4.78, 5) is 2.38. The van der Waals surface area contributed by atoms with Gasteiger partial charge in [-0.1, -0.05) is 152 Å². The highest BCUT2D eigenvalue weighted by atomic mass is 15.1. The first-order chi connectivity index (χ1) is 24.8. The van der Waals surface area contributed by atoms with E-state index in [9.17, 15) is 0 Å². The van der Waals surface area contributed by atoms with Gasteiger partial charge in [0, 0.05) is 17.1 Å². The normalized spacial score (nSPS) is 11.9. The Morgan fingerprint density at radius 2 is 0.840 bits per heavy atom. The Balaban J connectivity index is 1.13. The first kappa shape index (κ1) is 28.6. The molecule has 0 aliphatic heterocycles. The number of hydrogen-bond donors (Lipinski definition) is 0. The summed E-state index contributed by atoms with van der Waals surface area (Å²) in [6, 6.07) is 68.9. The third-order valence-electron chi connectivity index (χ3n) is 10.5. The zero-order chi connectivity index (χ0) is 33.0. The molecule has 0 heterocycles. The van der Waals surface area contributed by atoms with Crippen LogP contribution in [-0.4, -0.2) is 0 Å². The summed E-state index contributed by atoms with van der Waals surface area (Å²) < 4.78 is 0. The van der Waals surface area contributed by atoms with Crippen LogP contribution in [0.25, 0.3) is 65.7 Å². The smallest absolute Gasteiger partial charge is 0.0464 e. The Kier molecular flexibility index (Phi) is 6.63. The maximum absolute atomic E-state index is 2.38. The molecule has 0 saturated heterocycles. The van der Waals surface area contributed by atoms with Crippen molar-refractivity contribution in [3.05, 3.63) is 199 Å². The van der Waals surface area contributed by atoms with E-state index in [2.05, 4.69) is 193 Å². The molecular weight excluding hydrogens is 603 g/mol. The summed E-state index contributed by atoms with van der Waals surface area (Å²) in [5.74, 6) is 0. The van der Waals surface area contributed by atoms with E-state index < -0.39 is 0 Å². The third kappa shape index (κ3) is 4.55. The molecule has 1 aliphatic rings. The average Bonchev–Trinajstić information content (AvgIpc) is 3.56. The van der Waals surface area contributed by atoms with Crippen LogP contribution in [0.15, 0.2) is 188 Å². The van der Waals surface area contributed by atoms with E-state index >= 15 is 0 Å². The van der Waals surface area contributed by atoms with Gasteiger partial charge in [0.05, 0.1) is 0 Å². The van der Waals surface area contributed by atoms with Crippen molar-refractivity contribution < 1.29 is 0 Å². The highest BCUT2D eigenvalue weighted by Gasteiger charge is 2.22. The quantitative estimate of drug-likeness (QED) is 0.170. The molecule has 0 atom stereocenters. The monoisotopic (exact) mass is 635 g/mol. The summed E-state index contributed by atoms with van der Waals surface area (Å²) in [6.07, 6.45) is 0.968. The largest absolute Gasteiger partial charge is 0.310 e. The second-order valence-electron chi connectivity index (χ2n) is 13.3. The van der Waals surface area contributed by atoms with Crippen molar-refractivity contribution in [3.8, 4) is 33.4 Å². The lowest BCUT2D eigenvalue weighted by atomic mass is 9.85. The molecule has 1 nitrogen and oxygen atoms in total. The van der Waals surface area contributed by atoms with Crippen LogP contribution in [0.4, 0.5) is 17.1 Å². The van der Waals surface area contributed by atoms with Crippen LogP contribution in [-0.2, 0) is 6.42 Å². The standard InChI is InChI=1S/C49H33N/c1-2-16-37(17-3-1)50(39-29-30-42-36(32-39)31-35-14-5-7-19-41(35)42)38-27-25-34(26-28-38)48-44-20-8-10-22-46(44)49(47-23-11-9-21-45(47)48)43-24-12-15-33-13-4-6-18-40(33)43/h1-30,32H,31H2. The highest BCUT2D eigenvalue weighted by molar-refractivity contribution is 6.23. The predicted octanol–water partition coefficient (Wildman–Crippen LogP) is 13.5. The molecule has 50 heavy (non-hydrogen) atoms. The second-order valence-corrected chi connectivity index (χ2v) is 13.3. The number of anilines is 3. The SMILES string of the molecule is c1ccc(N(c2ccc(-c3c4ccccc4c(-c4cccc5ccccc45)c4ccccc34)cc2)c2ccc3c(c2)Cc2ccccc2-3)cc1. The molecule has 234 valence electrons. The predicted molar refractivity (Wildman–Crippen MR) is 213 cm³/mol. The Morgan fingerprint density at radius 1 is 0.320 bits per heavy atom. The minimum atomic E-state index is 0.968. The minimum Gasteiger partial charge on any atom is -0.310 e. The summed E-state index contributed by atoms with van der Waals surface area (Å²) in [6.45, 7) is 0. The van der Waals surface area contributed by atoms with E-state index in [1.165, 1.54) is 82.5 Å². The summed E-state index contributed by atoms with van der Waals surface area (Å²) in [7, 11) is 0. The van der Waals surface area contributed by atoms with E-state index in [4.69, 9.17) is 0 Å². The number of nitrogens with zero attached hydrogens (tertiary/aromatic N) is 1. The maximum atomic E-state index is 2.38. The van der Waals surface area contributed by atoms with E-state index in [0.29, 0.717) is 0 Å². The number of rotatable bonds is 5. The maximum Gasteiger partial charge on any atom is 0.0464 e. The van der Waals surface area contributed by atoms with Gasteiger partial charge < -0.3 is 4.90 Å². The molecule has 1 heteroatoms. The number of hydrogen-bond acceptors (Lipinski definition) is 1. The summed E-state index contributed by atoms with van der Waals surface area (Å²) in [5.41, 5.74) is 14.0. The van der Waals surface area contributed by atoms with Crippen LogP contribution in [0.5, 0.6) is 0 Å². The highest BCUT2D eigenvalue weighted by Crippen LogP contribution is 2.46. The molecule has 0 saturated carbocycles. The zero-order valence-electron chi connectivity index (χ0n) is 27.6. The third-order valence-corrected chi connectivity index (χ3v) is 10.5. The topological polar surface area (TPSA) is 3.24 Å². The van der Waals surface area contributed by atoms with Gasteiger partial charge in [-0.2, -0.15) is 0 Å². The van der Waals surface area contributed by atoms with Crippen molar-refractivity contribution in [2.45, 2.75) is 6.42 Å². The Labute approximate surface area is 292 Å². The van der Waals surface area contributed by atoms with Crippen LogP contribution in [0.3, 0.4) is 0 Å². The van der Waals surface area contributed by atoms with Gasteiger partial charge in [0.1, 0.15) is 0 Å². The van der Waals surface area contributed by atoms with E-state index in [1.54, 1.807) is 0 Å². The molecule has 9 aromatic rings. The Bertz CT molecular complexity index is 2660. The summed E-state index contributed by atoms with van der Waals surface area (Å²) in [5, 5.41) is 7.60. The fourth-order valence-corrected chi connectivity index (χ4v) is 8.25. The van der Waals surface area contributed by atoms with Crippen LogP contribution in [0.2, 0.25) is 0 Å². The first-order valence-electron chi connectivity index (χ1n) is 17.4. The lowest BCUT2D eigenvalue weighted by Gasteiger charge is -2.26. The Hall–Kier alpha value is -6.44. The molecular formula is C49H33N. The van der Waals surface area contributed by atoms with Gasteiger partial charge in [0.2, 0.25) is 0 Å². The number of para-hydroxylation sites is 1. The number of benzene rings is 9. The van der Waals surface area contributed by atoms with Gasteiger partial charge in [0.15, 0.2) is 0 Å². The van der Waals surface area contributed by atoms with Crippen LogP contribution >= 0.6 is 0 Å². The van der Waals surface area contributed by atoms with Crippen LogP contribution < -0.4 is 4.90 Å². The van der Waals surface area contributed by atoms with Crippen molar-refractivity contribution >= 4 is 49.4 Å². The fraction of sp³-hybridized carbons (Fsp3) is 0.0204. The van der Waals surface area contributed by atoms with E-state index in [0.717, 1.165) is 17.8 Å². The van der Waals surface area contributed by atoms with Crippen molar-refractivity contribution in [2.24, 2.45) is 0 Å². The van der Waals surface area contributed by atoms with E-state index in [1.807, 2.05) is 0 Å². The van der Waals surface area contributed by atoms with Crippen LogP contribution in [0.1, 0.15) is 11.1 Å². The fourth-order valence-electron chi connectivity index (χ4n) is 8.25. The van der Waals surface area contributed by atoms with Crippen molar-refractivity contribution in [1.82, 2.24) is 0 Å². The van der Waals surface area contributed by atoms with Gasteiger partial charge >= 0.3 is 0 Å². The summed E-state index contributed by atoms with van der Waals surface area (Å²) >= 11 is 0. The second kappa shape index (κ2) is 11.6. The lowest BCUT2D eigenvalue weighted by molar-refractivity contribution is 1.23. The molecule has 0 aromatic heterocycles. The minimum absolute atomic E-state index is 0.968. The molecule has 0 fully saturated rings. The Morgan fingerprint density at radius 3 is 1.58 bits per heavy atom. The molecule has 10 rings (SSSR count). The molecule has 0 spiro atoms. The van der Waals surface area contributed by atoms with Gasteiger partial charge in [-0.25, -0.2) is 0 Å². The first-order valence-corrected chi connectivity index (χ1v) is 17.4. The van der Waals surface area contributed by atoms with Gasteiger partial charge in [0.25, 0.3) is 0 Å². The van der Waals surface area contributed by atoms with Gasteiger partial charge in [-0.05, 0) is 120 Å². The molecule has 0 amide bonds.